The molecule has 0 aliphatic carbocycles. The van der Waals surface area contributed by atoms with Crippen LogP contribution in [0.15, 0.2) is 24.3 Å². The third-order valence-corrected chi connectivity index (χ3v) is 3.42. The van der Waals surface area contributed by atoms with E-state index < -0.39 is 48.0 Å². The zero-order valence-electron chi connectivity index (χ0n) is 13.5. The Kier molecular flexibility index (Phi) is 6.16. The average molecular weight is 387 g/mol. The zero-order valence-corrected chi connectivity index (χ0v) is 13.5. The second kappa shape index (κ2) is 7.42. The first-order valence-electron chi connectivity index (χ1n) is 7.08. The Morgan fingerprint density at radius 3 is 1.96 bits per heavy atom. The van der Waals surface area contributed by atoms with E-state index in [0.717, 1.165) is 24.3 Å². The summed E-state index contributed by atoms with van der Waals surface area (Å²) in [5.41, 5.74) is -1.35. The van der Waals surface area contributed by atoms with Crippen molar-refractivity contribution >= 4 is 11.9 Å². The minimum absolute atomic E-state index is 0.153. The van der Waals surface area contributed by atoms with E-state index in [1.165, 1.54) is 13.8 Å². The van der Waals surface area contributed by atoms with Crippen molar-refractivity contribution in [1.82, 2.24) is 5.32 Å². The maximum Gasteiger partial charge on any atom is 0.573 e. The normalized spacial score (nSPS) is 13.8. The van der Waals surface area contributed by atoms with Gasteiger partial charge in [0.1, 0.15) is 11.8 Å². The van der Waals surface area contributed by atoms with Crippen molar-refractivity contribution in [3.8, 4) is 5.75 Å². The van der Waals surface area contributed by atoms with E-state index in [0.29, 0.717) is 0 Å². The molecule has 1 atom stereocenters. The number of nitrogens with one attached hydrogen (secondary N) is 1. The van der Waals surface area contributed by atoms with E-state index in [1.54, 1.807) is 5.32 Å². The maximum atomic E-state index is 12.4. The number of alkyl halides is 6. The van der Waals surface area contributed by atoms with Crippen LogP contribution in [0.3, 0.4) is 0 Å². The first kappa shape index (κ1) is 21.6. The van der Waals surface area contributed by atoms with E-state index in [4.69, 9.17) is 5.11 Å². The molecule has 11 heteroatoms. The summed E-state index contributed by atoms with van der Waals surface area (Å²) in [4.78, 5) is 23.1. The Morgan fingerprint density at radius 2 is 1.58 bits per heavy atom. The molecule has 5 nitrogen and oxygen atoms in total. The average Bonchev–Trinajstić information content (AvgIpc) is 2.43. The summed E-state index contributed by atoms with van der Waals surface area (Å²) < 4.78 is 77.2. The lowest BCUT2D eigenvalue weighted by molar-refractivity contribution is -0.274. The van der Waals surface area contributed by atoms with E-state index in [1.807, 2.05) is 0 Å². The molecule has 0 spiro atoms. The number of rotatable bonds is 6. The third kappa shape index (κ3) is 6.45. The summed E-state index contributed by atoms with van der Waals surface area (Å²) in [7, 11) is 0. The van der Waals surface area contributed by atoms with E-state index in [2.05, 4.69) is 4.74 Å². The van der Waals surface area contributed by atoms with Crippen LogP contribution in [-0.2, 0) is 15.0 Å². The van der Waals surface area contributed by atoms with Gasteiger partial charge in [-0.25, -0.2) is 4.79 Å². The van der Waals surface area contributed by atoms with Gasteiger partial charge in [-0.15, -0.1) is 13.2 Å². The summed E-state index contributed by atoms with van der Waals surface area (Å²) in [6.45, 7) is 2.57. The number of hydrogen-bond acceptors (Lipinski definition) is 3. The summed E-state index contributed by atoms with van der Waals surface area (Å²) in [5.74, 6) is -3.43. The lowest BCUT2D eigenvalue weighted by Crippen LogP contribution is -2.49. The first-order valence-corrected chi connectivity index (χ1v) is 7.08. The van der Waals surface area contributed by atoms with Gasteiger partial charge in [0.2, 0.25) is 5.91 Å². The van der Waals surface area contributed by atoms with Gasteiger partial charge >= 0.3 is 18.5 Å². The molecule has 146 valence electrons. The van der Waals surface area contributed by atoms with Crippen LogP contribution in [0.4, 0.5) is 26.3 Å². The highest BCUT2D eigenvalue weighted by atomic mass is 19.4. The van der Waals surface area contributed by atoms with Crippen LogP contribution in [-0.4, -0.2) is 35.6 Å². The van der Waals surface area contributed by atoms with Gasteiger partial charge in [0, 0.05) is 0 Å². The van der Waals surface area contributed by atoms with Crippen molar-refractivity contribution in [3.05, 3.63) is 29.8 Å². The van der Waals surface area contributed by atoms with Crippen LogP contribution in [0.1, 0.15) is 25.8 Å². The number of amides is 1. The van der Waals surface area contributed by atoms with Crippen LogP contribution in [0.2, 0.25) is 0 Å². The second-order valence-electron chi connectivity index (χ2n) is 5.88. The highest BCUT2D eigenvalue weighted by Gasteiger charge is 2.39. The number of ether oxygens (including phenoxy) is 1. The van der Waals surface area contributed by atoms with E-state index in [9.17, 15) is 35.9 Å². The molecular formula is C15H15F6NO4. The fraction of sp³-hybridized carbons (Fsp3) is 0.467. The van der Waals surface area contributed by atoms with Crippen LogP contribution in [0.5, 0.6) is 5.75 Å². The fourth-order valence-corrected chi connectivity index (χ4v) is 1.97. The molecule has 2 N–H and O–H groups in total. The predicted molar refractivity (Wildman–Crippen MR) is 76.4 cm³/mol. The number of halogens is 6. The van der Waals surface area contributed by atoms with Gasteiger partial charge in [-0.1, -0.05) is 12.1 Å². The molecule has 0 heterocycles. The summed E-state index contributed by atoms with van der Waals surface area (Å²) in [6.07, 6.45) is -11.5. The lowest BCUT2D eigenvalue weighted by Gasteiger charge is -2.27. The Bertz CT molecular complexity index is 652. The number of carboxylic acid groups (broad SMARTS) is 1. The second-order valence-corrected chi connectivity index (χ2v) is 5.88. The van der Waals surface area contributed by atoms with Gasteiger partial charge in [0.25, 0.3) is 0 Å². The molecule has 1 aromatic rings. The number of aliphatic carboxylic acids is 1. The topological polar surface area (TPSA) is 75.6 Å². The van der Waals surface area contributed by atoms with Crippen molar-refractivity contribution in [1.29, 1.82) is 0 Å². The van der Waals surface area contributed by atoms with Crippen LogP contribution in [0.25, 0.3) is 0 Å². The smallest absolute Gasteiger partial charge is 0.480 e. The van der Waals surface area contributed by atoms with Crippen molar-refractivity contribution in [2.24, 2.45) is 0 Å². The van der Waals surface area contributed by atoms with Crippen molar-refractivity contribution in [2.45, 2.75) is 44.3 Å². The van der Waals surface area contributed by atoms with E-state index >= 15 is 0 Å². The molecule has 0 aliphatic rings. The van der Waals surface area contributed by atoms with E-state index in [-0.39, 0.29) is 5.56 Å². The molecule has 1 aromatic carbocycles. The summed E-state index contributed by atoms with van der Waals surface area (Å²) >= 11 is 0. The van der Waals surface area contributed by atoms with Gasteiger partial charge in [-0.05, 0) is 31.5 Å². The quantitative estimate of drug-likeness (QED) is 0.734. The zero-order chi connectivity index (χ0) is 20.3. The first-order chi connectivity index (χ1) is 11.6. The van der Waals surface area contributed by atoms with Crippen LogP contribution >= 0.6 is 0 Å². The van der Waals surface area contributed by atoms with Gasteiger partial charge < -0.3 is 15.2 Å². The van der Waals surface area contributed by atoms with Gasteiger partial charge in [-0.3, -0.25) is 4.79 Å². The minimum Gasteiger partial charge on any atom is -0.480 e. The van der Waals surface area contributed by atoms with Crippen molar-refractivity contribution in [3.63, 3.8) is 0 Å². The van der Waals surface area contributed by atoms with Crippen molar-refractivity contribution < 1.29 is 45.8 Å². The summed E-state index contributed by atoms with van der Waals surface area (Å²) in [6, 6.07) is 1.93. The molecule has 1 amide bonds. The van der Waals surface area contributed by atoms with Crippen LogP contribution < -0.4 is 10.1 Å². The molecule has 0 radical (unpaired) electrons. The van der Waals surface area contributed by atoms with Gasteiger partial charge in [0.15, 0.2) is 0 Å². The monoisotopic (exact) mass is 387 g/mol. The molecule has 1 unspecified atom stereocenters. The highest BCUT2D eigenvalue weighted by molar-refractivity contribution is 5.90. The van der Waals surface area contributed by atoms with Crippen LogP contribution in [0, 0.1) is 0 Å². The molecule has 26 heavy (non-hydrogen) atoms. The SMILES string of the molecule is CC(C)(C(=O)NC(CC(F)(F)F)C(=O)O)c1ccc(OC(F)(F)F)cc1. The molecule has 0 fully saturated rings. The molecular weight excluding hydrogens is 372 g/mol. The minimum atomic E-state index is -4.90. The highest BCUT2D eigenvalue weighted by Crippen LogP contribution is 2.29. The third-order valence-electron chi connectivity index (χ3n) is 3.42. The lowest BCUT2D eigenvalue weighted by atomic mass is 9.83. The molecule has 0 saturated carbocycles. The van der Waals surface area contributed by atoms with Gasteiger partial charge in [0.05, 0.1) is 11.8 Å². The van der Waals surface area contributed by atoms with Crippen molar-refractivity contribution in [2.75, 3.05) is 0 Å². The molecule has 0 aromatic heterocycles. The predicted octanol–water partition coefficient (Wildman–Crippen LogP) is 3.38. The molecule has 0 saturated heterocycles. The fourth-order valence-electron chi connectivity index (χ4n) is 1.97. The Morgan fingerprint density at radius 1 is 1.08 bits per heavy atom. The number of benzene rings is 1. The molecule has 0 aliphatic heterocycles. The number of carbonyl (C=O) groups excluding carboxylic acids is 1. The number of carboxylic acids is 1. The molecule has 1 rings (SSSR count). The summed E-state index contributed by atoms with van der Waals surface area (Å²) in [5, 5.41) is 10.6. The largest absolute Gasteiger partial charge is 0.573 e. The molecule has 0 bridgehead atoms. The van der Waals surface area contributed by atoms with Gasteiger partial charge in [-0.2, -0.15) is 13.2 Å². The Hall–Kier alpha value is -2.46. The standard InChI is InChI=1S/C15H15F6NO4/c1-13(2,8-3-5-9(6-4-8)26-15(19,20)21)12(25)22-10(11(23)24)7-14(16,17)18/h3-6,10H,7H2,1-2H3,(H,22,25)(H,23,24). The maximum absolute atomic E-state index is 12.4. The number of carbonyl (C=O) groups is 2. The Labute approximate surface area is 143 Å². The number of hydrogen-bond donors (Lipinski definition) is 2. The Balaban J connectivity index is 2.94.